The Balaban J connectivity index is 3.10. The van der Waals surface area contributed by atoms with Gasteiger partial charge in [0.1, 0.15) is 5.60 Å². The highest BCUT2D eigenvalue weighted by molar-refractivity contribution is 5.69. The Morgan fingerprint density at radius 3 is 0.950 bits per heavy atom. The van der Waals surface area contributed by atoms with E-state index in [4.69, 9.17) is 52.1 Å². The second kappa shape index (κ2) is 29.6. The number of carbonyl (C=O) groups is 1. The molecule has 0 heterocycles. The Bertz CT molecular complexity index is 528. The van der Waals surface area contributed by atoms with Gasteiger partial charge < -0.3 is 52.1 Å². The molecule has 0 spiro atoms. The van der Waals surface area contributed by atoms with Crippen molar-refractivity contribution in [3.05, 3.63) is 0 Å². The molecule has 12 nitrogen and oxygen atoms in total. The van der Waals surface area contributed by atoms with Crippen molar-refractivity contribution in [3.8, 4) is 0 Å². The fourth-order valence-corrected chi connectivity index (χ4v) is 2.75. The number of esters is 1. The highest BCUT2D eigenvalue weighted by atomic mass is 16.6. The Labute approximate surface area is 241 Å². The van der Waals surface area contributed by atoms with Crippen LogP contribution in [0.2, 0.25) is 0 Å². The fraction of sp³-hybridized carbons (Fsp3) is 0.964. The predicted molar refractivity (Wildman–Crippen MR) is 149 cm³/mol. The van der Waals surface area contributed by atoms with Gasteiger partial charge >= 0.3 is 5.97 Å². The lowest BCUT2D eigenvalue weighted by Gasteiger charge is -2.19. The van der Waals surface area contributed by atoms with Crippen LogP contribution in [0.25, 0.3) is 0 Å². The summed E-state index contributed by atoms with van der Waals surface area (Å²) in [7, 11) is 0. The maximum absolute atomic E-state index is 11.5. The topological polar surface area (TPSA) is 119 Å². The highest BCUT2D eigenvalue weighted by Crippen LogP contribution is 2.08. The van der Waals surface area contributed by atoms with Crippen LogP contribution in [0.4, 0.5) is 0 Å². The summed E-state index contributed by atoms with van der Waals surface area (Å²) < 4.78 is 59.4. The third kappa shape index (κ3) is 35.1. The molecule has 40 heavy (non-hydrogen) atoms. The van der Waals surface area contributed by atoms with Crippen molar-refractivity contribution in [3.63, 3.8) is 0 Å². The standard InChI is InChI=1S/C28H56O12/c1-26(2)39-25-24-38-23-22-37-21-20-36-19-18-35-17-16-34-15-14-33-13-12-32-11-10-31-9-8-30-7-6-27(29)40-28(3,4)5/h26H,6-25H2,1-5H3. The quantitative estimate of drug-likeness (QED) is 0.0879. The van der Waals surface area contributed by atoms with E-state index in [0.29, 0.717) is 126 Å². The molecule has 0 saturated carbocycles. The second-order valence-electron chi connectivity index (χ2n) is 9.77. The Morgan fingerprint density at radius 2 is 0.700 bits per heavy atom. The van der Waals surface area contributed by atoms with Crippen LogP contribution in [0, 0.1) is 0 Å². The fourth-order valence-electron chi connectivity index (χ4n) is 2.75. The molecule has 0 N–H and O–H groups in total. The summed E-state index contributed by atoms with van der Waals surface area (Å²) in [5.41, 5.74) is -0.469. The molecule has 0 radical (unpaired) electrons. The summed E-state index contributed by atoms with van der Waals surface area (Å²) in [6.45, 7) is 19.0. The number of carbonyl (C=O) groups excluding carboxylic acids is 1. The molecule has 240 valence electrons. The van der Waals surface area contributed by atoms with E-state index >= 15 is 0 Å². The molecular formula is C28H56O12. The minimum Gasteiger partial charge on any atom is -0.460 e. The summed E-state index contributed by atoms with van der Waals surface area (Å²) in [5.74, 6) is -0.262. The van der Waals surface area contributed by atoms with Crippen LogP contribution in [0.3, 0.4) is 0 Å². The Morgan fingerprint density at radius 1 is 0.450 bits per heavy atom. The van der Waals surface area contributed by atoms with Crippen LogP contribution in [0.1, 0.15) is 41.0 Å². The Kier molecular flexibility index (Phi) is 28.9. The first-order chi connectivity index (χ1) is 19.3. The van der Waals surface area contributed by atoms with E-state index in [1.54, 1.807) is 0 Å². The zero-order valence-corrected chi connectivity index (χ0v) is 25.6. The first kappa shape index (κ1) is 39.1. The van der Waals surface area contributed by atoms with Crippen molar-refractivity contribution < 1.29 is 56.9 Å². The molecule has 0 atom stereocenters. The normalized spacial score (nSPS) is 11.9. The summed E-state index contributed by atoms with van der Waals surface area (Å²) in [5, 5.41) is 0. The van der Waals surface area contributed by atoms with Crippen LogP contribution in [0.5, 0.6) is 0 Å². The van der Waals surface area contributed by atoms with Crippen molar-refractivity contribution >= 4 is 5.97 Å². The zero-order valence-electron chi connectivity index (χ0n) is 25.6. The SMILES string of the molecule is CC(C)OCCOCCOCCOCCOCCOCCOCCOCCOCCOCCC(=O)OC(C)(C)C. The minimum absolute atomic E-state index is 0.230. The number of ether oxygens (including phenoxy) is 11. The van der Waals surface area contributed by atoms with Crippen molar-refractivity contribution in [2.24, 2.45) is 0 Å². The van der Waals surface area contributed by atoms with E-state index < -0.39 is 5.60 Å². The number of rotatable bonds is 31. The van der Waals surface area contributed by atoms with Crippen LogP contribution in [0.15, 0.2) is 0 Å². The molecule has 0 aromatic heterocycles. The third-order valence-corrected chi connectivity index (χ3v) is 4.53. The van der Waals surface area contributed by atoms with Crippen LogP contribution in [-0.2, 0) is 56.9 Å². The van der Waals surface area contributed by atoms with Crippen molar-refractivity contribution in [1.29, 1.82) is 0 Å². The molecule has 0 aromatic rings. The van der Waals surface area contributed by atoms with Gasteiger partial charge in [0.2, 0.25) is 0 Å². The first-order valence-corrected chi connectivity index (χ1v) is 14.3. The summed E-state index contributed by atoms with van der Waals surface area (Å²) in [6, 6.07) is 0. The van der Waals surface area contributed by atoms with Gasteiger partial charge in [-0.1, -0.05) is 0 Å². The summed E-state index contributed by atoms with van der Waals surface area (Å²) >= 11 is 0. The van der Waals surface area contributed by atoms with Gasteiger partial charge in [0.15, 0.2) is 0 Å². The monoisotopic (exact) mass is 584 g/mol. The van der Waals surface area contributed by atoms with Gasteiger partial charge in [-0.05, 0) is 34.6 Å². The van der Waals surface area contributed by atoms with E-state index in [0.717, 1.165) is 0 Å². The molecular weight excluding hydrogens is 528 g/mol. The maximum atomic E-state index is 11.5. The lowest BCUT2D eigenvalue weighted by Crippen LogP contribution is -2.24. The van der Waals surface area contributed by atoms with Gasteiger partial charge in [-0.25, -0.2) is 0 Å². The molecule has 0 unspecified atom stereocenters. The predicted octanol–water partition coefficient (Wildman–Crippen LogP) is 2.29. The van der Waals surface area contributed by atoms with Gasteiger partial charge in [0, 0.05) is 0 Å². The van der Waals surface area contributed by atoms with Crippen LogP contribution in [-0.4, -0.2) is 143 Å². The number of hydrogen-bond donors (Lipinski definition) is 0. The molecule has 0 aromatic carbocycles. The zero-order chi connectivity index (χ0) is 29.6. The van der Waals surface area contributed by atoms with Crippen molar-refractivity contribution in [1.82, 2.24) is 0 Å². The summed E-state index contributed by atoms with van der Waals surface area (Å²) in [6.07, 6.45) is 0.465. The molecule has 0 saturated heterocycles. The molecule has 0 rings (SSSR count). The lowest BCUT2D eigenvalue weighted by molar-refractivity contribution is -0.156. The maximum Gasteiger partial charge on any atom is 0.308 e. The molecule has 0 amide bonds. The minimum atomic E-state index is -0.469. The third-order valence-electron chi connectivity index (χ3n) is 4.53. The summed E-state index contributed by atoms with van der Waals surface area (Å²) in [4.78, 5) is 11.5. The van der Waals surface area contributed by atoms with Gasteiger partial charge in [-0.15, -0.1) is 0 Å². The van der Waals surface area contributed by atoms with E-state index in [-0.39, 0.29) is 18.5 Å². The average Bonchev–Trinajstić information content (AvgIpc) is 2.88. The average molecular weight is 585 g/mol. The van der Waals surface area contributed by atoms with Crippen LogP contribution >= 0.6 is 0 Å². The van der Waals surface area contributed by atoms with E-state index in [9.17, 15) is 4.79 Å². The van der Waals surface area contributed by atoms with Gasteiger partial charge in [0.05, 0.1) is 138 Å². The van der Waals surface area contributed by atoms with Gasteiger partial charge in [-0.3, -0.25) is 4.79 Å². The molecule has 0 aliphatic rings. The van der Waals surface area contributed by atoms with Gasteiger partial charge in [-0.2, -0.15) is 0 Å². The smallest absolute Gasteiger partial charge is 0.308 e. The second-order valence-corrected chi connectivity index (χ2v) is 9.77. The molecule has 0 bridgehead atoms. The lowest BCUT2D eigenvalue weighted by atomic mass is 10.2. The highest BCUT2D eigenvalue weighted by Gasteiger charge is 2.15. The van der Waals surface area contributed by atoms with E-state index in [1.807, 2.05) is 34.6 Å². The molecule has 0 aliphatic heterocycles. The van der Waals surface area contributed by atoms with Crippen molar-refractivity contribution in [2.45, 2.75) is 52.7 Å². The largest absolute Gasteiger partial charge is 0.460 e. The molecule has 12 heteroatoms. The van der Waals surface area contributed by atoms with E-state index in [2.05, 4.69) is 0 Å². The molecule has 0 aliphatic carbocycles. The van der Waals surface area contributed by atoms with E-state index in [1.165, 1.54) is 0 Å². The first-order valence-electron chi connectivity index (χ1n) is 14.3. The van der Waals surface area contributed by atoms with Crippen molar-refractivity contribution in [2.75, 3.05) is 126 Å². The van der Waals surface area contributed by atoms with Gasteiger partial charge in [0.25, 0.3) is 0 Å². The van der Waals surface area contributed by atoms with Crippen LogP contribution < -0.4 is 0 Å². The Hall–Kier alpha value is -0.930. The number of hydrogen-bond acceptors (Lipinski definition) is 12. The molecule has 0 fully saturated rings.